The Morgan fingerprint density at radius 3 is 2.48 bits per heavy atom. The van der Waals surface area contributed by atoms with Gasteiger partial charge in [-0.05, 0) is 55.5 Å². The molecule has 136 valence electrons. The number of ether oxygens (including phenoxy) is 1. The van der Waals surface area contributed by atoms with Crippen LogP contribution in [-0.2, 0) is 0 Å². The lowest BCUT2D eigenvalue weighted by Gasteiger charge is -2.10. The topological polar surface area (TPSA) is 51.2 Å². The molecule has 0 unspecified atom stereocenters. The number of ketones is 1. The predicted octanol–water partition coefficient (Wildman–Crippen LogP) is 5.47. The molecule has 2 aromatic carbocycles. The monoisotopic (exact) mass is 378 g/mol. The molecule has 1 aromatic heterocycles. The number of carbonyl (C=O) groups excluding carboxylic acids is 1. The highest BCUT2D eigenvalue weighted by Crippen LogP contribution is 2.24. The highest BCUT2D eigenvalue weighted by Gasteiger charge is 2.17. The number of anilines is 1. The predicted molar refractivity (Wildman–Crippen MR) is 109 cm³/mol. The lowest BCUT2D eigenvalue weighted by atomic mass is 10.0. The smallest absolute Gasteiger partial charge is 0.198 e. The van der Waals surface area contributed by atoms with Crippen molar-refractivity contribution in [3.05, 3.63) is 95.4 Å². The molecule has 0 atom stereocenters. The molecule has 0 aliphatic carbocycles. The van der Waals surface area contributed by atoms with Gasteiger partial charge in [-0.3, -0.25) is 9.78 Å². The Bertz CT molecular complexity index is 938. The maximum atomic E-state index is 13.1. The summed E-state index contributed by atoms with van der Waals surface area (Å²) in [5, 5.41) is 3.57. The van der Waals surface area contributed by atoms with Gasteiger partial charge < -0.3 is 10.1 Å². The van der Waals surface area contributed by atoms with Crippen molar-refractivity contribution in [2.45, 2.75) is 6.92 Å². The zero-order valence-electron chi connectivity index (χ0n) is 14.9. The Morgan fingerprint density at radius 1 is 1.07 bits per heavy atom. The maximum absolute atomic E-state index is 13.1. The number of halogens is 1. The Kier molecular flexibility index (Phi) is 6.23. The summed E-state index contributed by atoms with van der Waals surface area (Å²) in [6.45, 7) is 2.55. The van der Waals surface area contributed by atoms with Gasteiger partial charge in [0, 0.05) is 23.6 Å². The minimum atomic E-state index is -0.197. The summed E-state index contributed by atoms with van der Waals surface area (Å²) in [5.41, 5.74) is 2.27. The molecule has 0 spiro atoms. The van der Waals surface area contributed by atoms with E-state index in [1.54, 1.807) is 48.8 Å². The summed E-state index contributed by atoms with van der Waals surface area (Å²) in [5.74, 6) is 0.599. The first-order chi connectivity index (χ1) is 13.2. The molecule has 3 aromatic rings. The molecule has 0 fully saturated rings. The van der Waals surface area contributed by atoms with E-state index in [2.05, 4.69) is 10.3 Å². The molecule has 27 heavy (non-hydrogen) atoms. The Labute approximate surface area is 163 Å². The van der Waals surface area contributed by atoms with Gasteiger partial charge in [-0.25, -0.2) is 0 Å². The molecule has 0 amide bonds. The van der Waals surface area contributed by atoms with Crippen LogP contribution < -0.4 is 10.1 Å². The van der Waals surface area contributed by atoms with Crippen molar-refractivity contribution >= 4 is 28.6 Å². The minimum Gasteiger partial charge on any atom is -0.494 e. The van der Waals surface area contributed by atoms with Crippen molar-refractivity contribution < 1.29 is 9.53 Å². The lowest BCUT2D eigenvalue weighted by Crippen LogP contribution is -2.07. The summed E-state index contributed by atoms with van der Waals surface area (Å²) in [6.07, 6.45) is 3.31. The van der Waals surface area contributed by atoms with Gasteiger partial charge in [0.2, 0.25) is 0 Å². The first kappa shape index (κ1) is 18.7. The van der Waals surface area contributed by atoms with E-state index in [1.165, 1.54) is 0 Å². The Hall–Kier alpha value is -3.11. The second kappa shape index (κ2) is 9.01. The first-order valence-corrected chi connectivity index (χ1v) is 8.97. The molecule has 5 heteroatoms. The molecule has 1 heterocycles. The number of hydrogen-bond acceptors (Lipinski definition) is 4. The molecule has 1 N–H and O–H groups in total. The van der Waals surface area contributed by atoms with E-state index >= 15 is 0 Å². The van der Waals surface area contributed by atoms with Gasteiger partial charge in [0.1, 0.15) is 5.75 Å². The third-order valence-electron chi connectivity index (χ3n) is 3.85. The molecule has 0 aliphatic heterocycles. The van der Waals surface area contributed by atoms with Crippen molar-refractivity contribution in [2.75, 3.05) is 11.9 Å². The van der Waals surface area contributed by atoms with Crippen LogP contribution in [0.1, 0.15) is 23.0 Å². The number of Topliss-reactive ketones (excluding diaryl/α,β-unsaturated/α-hetero) is 1. The van der Waals surface area contributed by atoms with Crippen LogP contribution in [0, 0.1) is 0 Å². The van der Waals surface area contributed by atoms with E-state index < -0.39 is 0 Å². The maximum Gasteiger partial charge on any atom is 0.198 e. The van der Waals surface area contributed by atoms with Crippen LogP contribution in [-0.4, -0.2) is 17.4 Å². The number of hydrogen-bond donors (Lipinski definition) is 1. The Morgan fingerprint density at radius 2 is 1.81 bits per heavy atom. The van der Waals surface area contributed by atoms with Crippen LogP contribution in [0.15, 0.2) is 79.1 Å². The van der Waals surface area contributed by atoms with Crippen LogP contribution in [0.3, 0.4) is 0 Å². The average molecular weight is 379 g/mol. The molecular weight excluding hydrogens is 360 g/mol. The normalized spacial score (nSPS) is 11.1. The number of allylic oxidation sites excluding steroid dienone is 1. The highest BCUT2D eigenvalue weighted by molar-refractivity contribution is 6.38. The molecule has 0 saturated heterocycles. The van der Waals surface area contributed by atoms with Gasteiger partial charge >= 0.3 is 0 Å². The van der Waals surface area contributed by atoms with E-state index in [4.69, 9.17) is 16.3 Å². The van der Waals surface area contributed by atoms with Crippen LogP contribution in [0.25, 0.3) is 5.57 Å². The molecule has 0 aliphatic rings. The van der Waals surface area contributed by atoms with E-state index in [1.807, 2.05) is 37.3 Å². The summed E-state index contributed by atoms with van der Waals surface area (Å²) >= 11 is 6.21. The lowest BCUT2D eigenvalue weighted by molar-refractivity contribution is 0.105. The van der Waals surface area contributed by atoms with E-state index in [-0.39, 0.29) is 5.78 Å². The second-order valence-corrected chi connectivity index (χ2v) is 6.09. The fourth-order valence-corrected chi connectivity index (χ4v) is 2.76. The summed E-state index contributed by atoms with van der Waals surface area (Å²) in [6, 6.07) is 19.9. The molecule has 3 rings (SSSR count). The highest BCUT2D eigenvalue weighted by atomic mass is 35.5. The number of rotatable bonds is 7. The third-order valence-corrected chi connectivity index (χ3v) is 4.18. The zero-order chi connectivity index (χ0) is 19.1. The summed E-state index contributed by atoms with van der Waals surface area (Å²) < 4.78 is 5.44. The first-order valence-electron chi connectivity index (χ1n) is 8.59. The van der Waals surface area contributed by atoms with Gasteiger partial charge in [-0.15, -0.1) is 0 Å². The molecule has 0 bridgehead atoms. The van der Waals surface area contributed by atoms with Crippen LogP contribution >= 0.6 is 11.6 Å². The van der Waals surface area contributed by atoms with E-state index in [9.17, 15) is 4.79 Å². The minimum absolute atomic E-state index is 0.197. The quantitative estimate of drug-likeness (QED) is 0.437. The van der Waals surface area contributed by atoms with E-state index in [0.717, 1.165) is 11.4 Å². The van der Waals surface area contributed by atoms with Gasteiger partial charge in [0.05, 0.1) is 22.9 Å². The number of carbonyl (C=O) groups is 1. The van der Waals surface area contributed by atoms with Crippen molar-refractivity contribution in [1.82, 2.24) is 4.98 Å². The van der Waals surface area contributed by atoms with Crippen molar-refractivity contribution in [3.63, 3.8) is 0 Å². The van der Waals surface area contributed by atoms with Gasteiger partial charge in [0.25, 0.3) is 0 Å². The standard InChI is InChI=1S/C22H19ClN2O2/c1-2-27-17-12-10-16(11-13-17)25-15-19(21-9-5-6-14-24-21)22(26)18-7-3-4-8-20(18)23/h3-15,25H,2H2,1H3. The van der Waals surface area contributed by atoms with Crippen LogP contribution in [0.5, 0.6) is 5.75 Å². The van der Waals surface area contributed by atoms with Crippen LogP contribution in [0.2, 0.25) is 5.02 Å². The number of benzene rings is 2. The van der Waals surface area contributed by atoms with Gasteiger partial charge in [-0.2, -0.15) is 0 Å². The van der Waals surface area contributed by atoms with Crippen LogP contribution in [0.4, 0.5) is 5.69 Å². The fourth-order valence-electron chi connectivity index (χ4n) is 2.54. The Balaban J connectivity index is 1.91. The summed E-state index contributed by atoms with van der Waals surface area (Å²) in [4.78, 5) is 17.4. The number of nitrogens with zero attached hydrogens (tertiary/aromatic N) is 1. The van der Waals surface area contributed by atoms with Crippen molar-refractivity contribution in [2.24, 2.45) is 0 Å². The number of pyridine rings is 1. The number of aromatic nitrogens is 1. The largest absolute Gasteiger partial charge is 0.494 e. The van der Waals surface area contributed by atoms with Crippen molar-refractivity contribution in [3.8, 4) is 5.75 Å². The molecule has 0 saturated carbocycles. The van der Waals surface area contributed by atoms with Crippen molar-refractivity contribution in [1.29, 1.82) is 0 Å². The molecule has 0 radical (unpaired) electrons. The van der Waals surface area contributed by atoms with E-state index in [0.29, 0.717) is 28.5 Å². The zero-order valence-corrected chi connectivity index (χ0v) is 15.6. The fraction of sp³-hybridized carbons (Fsp3) is 0.0909. The van der Waals surface area contributed by atoms with Gasteiger partial charge in [-0.1, -0.05) is 29.8 Å². The summed E-state index contributed by atoms with van der Waals surface area (Å²) in [7, 11) is 0. The molecular formula is C22H19ClN2O2. The average Bonchev–Trinajstić information content (AvgIpc) is 2.70. The molecule has 4 nitrogen and oxygen atoms in total. The van der Waals surface area contributed by atoms with Gasteiger partial charge in [0.15, 0.2) is 5.78 Å². The second-order valence-electron chi connectivity index (χ2n) is 5.68. The SMILES string of the molecule is CCOc1ccc(NC=C(C(=O)c2ccccc2Cl)c2ccccn2)cc1. The third kappa shape index (κ3) is 4.74. The number of nitrogens with one attached hydrogen (secondary N) is 1.